The second-order valence-electron chi connectivity index (χ2n) is 5.35. The Bertz CT molecular complexity index is 887. The van der Waals surface area contributed by atoms with E-state index in [-0.39, 0.29) is 27.4 Å². The number of carbonyl (C=O) groups excluding carboxylic acids is 1. The lowest BCUT2D eigenvalue weighted by atomic mass is 10.2. The third-order valence-electron chi connectivity index (χ3n) is 3.34. The molecule has 9 heteroatoms. The van der Waals surface area contributed by atoms with Gasteiger partial charge in [-0.15, -0.1) is 0 Å². The summed E-state index contributed by atoms with van der Waals surface area (Å²) in [5.41, 5.74) is 0.845. The van der Waals surface area contributed by atoms with Crippen molar-refractivity contribution in [1.29, 1.82) is 0 Å². The van der Waals surface area contributed by atoms with E-state index >= 15 is 0 Å². The Morgan fingerprint density at radius 3 is 2.81 bits per heavy atom. The van der Waals surface area contributed by atoms with Crippen LogP contribution in [0.15, 0.2) is 39.8 Å². The van der Waals surface area contributed by atoms with E-state index < -0.39 is 4.92 Å². The number of aromatic hydroxyl groups is 1. The molecular weight excluding hydrogens is 426 g/mol. The van der Waals surface area contributed by atoms with E-state index in [1.54, 1.807) is 18.2 Å². The number of hydrogen-bond donors (Lipinski definition) is 2. The van der Waals surface area contributed by atoms with Crippen LogP contribution < -0.4 is 5.32 Å². The van der Waals surface area contributed by atoms with Crippen molar-refractivity contribution in [3.63, 3.8) is 0 Å². The van der Waals surface area contributed by atoms with Gasteiger partial charge in [0.15, 0.2) is 0 Å². The number of anilines is 1. The SMILES string of the molecule is CCCC(=O)Nc1ccc(Cl)c(N=Cc2cc([N+](=O)[O-])cc(Br)c2O)c1. The highest BCUT2D eigenvalue weighted by Gasteiger charge is 2.14. The van der Waals surface area contributed by atoms with Crippen molar-refractivity contribution in [2.75, 3.05) is 5.32 Å². The second kappa shape index (κ2) is 8.77. The molecular formula is C17H15BrClN3O4. The van der Waals surface area contributed by atoms with Gasteiger partial charge in [-0.1, -0.05) is 18.5 Å². The summed E-state index contributed by atoms with van der Waals surface area (Å²) in [5, 5.41) is 24.0. The molecule has 0 saturated carbocycles. The number of nitrogens with zero attached hydrogens (tertiary/aromatic N) is 2. The zero-order chi connectivity index (χ0) is 19.3. The number of non-ortho nitro benzene ring substituents is 1. The number of rotatable bonds is 6. The number of phenolic OH excluding ortho intramolecular Hbond substituents is 1. The highest BCUT2D eigenvalue weighted by molar-refractivity contribution is 9.10. The predicted molar refractivity (Wildman–Crippen MR) is 105 cm³/mol. The van der Waals surface area contributed by atoms with E-state index in [0.29, 0.717) is 22.8 Å². The number of halogens is 2. The number of nitro groups is 1. The fraction of sp³-hybridized carbons (Fsp3) is 0.176. The van der Waals surface area contributed by atoms with Gasteiger partial charge in [0.05, 0.1) is 20.1 Å². The molecule has 0 spiro atoms. The molecule has 2 rings (SSSR count). The number of phenols is 1. The molecule has 0 aliphatic heterocycles. The fourth-order valence-electron chi connectivity index (χ4n) is 2.09. The molecule has 1 amide bonds. The summed E-state index contributed by atoms with van der Waals surface area (Å²) in [4.78, 5) is 26.2. The monoisotopic (exact) mass is 439 g/mol. The molecule has 2 aromatic carbocycles. The van der Waals surface area contributed by atoms with Crippen molar-refractivity contribution in [2.24, 2.45) is 4.99 Å². The molecule has 2 aromatic rings. The van der Waals surface area contributed by atoms with Crippen LogP contribution in [-0.2, 0) is 4.79 Å². The van der Waals surface area contributed by atoms with Gasteiger partial charge in [-0.3, -0.25) is 19.9 Å². The lowest BCUT2D eigenvalue weighted by Gasteiger charge is -2.07. The van der Waals surface area contributed by atoms with Gasteiger partial charge in [0.2, 0.25) is 5.91 Å². The molecule has 0 atom stereocenters. The van der Waals surface area contributed by atoms with E-state index in [0.717, 1.165) is 6.42 Å². The minimum Gasteiger partial charge on any atom is -0.506 e. The van der Waals surface area contributed by atoms with Gasteiger partial charge < -0.3 is 10.4 Å². The third kappa shape index (κ3) is 5.03. The number of nitro benzene ring substituents is 1. The molecule has 0 saturated heterocycles. The van der Waals surface area contributed by atoms with Gasteiger partial charge in [-0.2, -0.15) is 0 Å². The van der Waals surface area contributed by atoms with E-state index in [2.05, 4.69) is 26.2 Å². The topological polar surface area (TPSA) is 105 Å². The quantitative estimate of drug-likeness (QED) is 0.365. The number of carbonyl (C=O) groups is 1. The maximum atomic E-state index is 11.7. The fourth-order valence-corrected chi connectivity index (χ4v) is 2.72. The summed E-state index contributed by atoms with van der Waals surface area (Å²) < 4.78 is 0.180. The Morgan fingerprint density at radius 2 is 2.15 bits per heavy atom. The number of amides is 1. The smallest absolute Gasteiger partial charge is 0.271 e. The lowest BCUT2D eigenvalue weighted by molar-refractivity contribution is -0.385. The summed E-state index contributed by atoms with van der Waals surface area (Å²) in [6, 6.07) is 7.21. The predicted octanol–water partition coefficient (Wildman–Crippen LogP) is 5.21. The molecule has 0 aliphatic rings. The van der Waals surface area contributed by atoms with Gasteiger partial charge in [-0.05, 0) is 40.5 Å². The van der Waals surface area contributed by atoms with Crippen LogP contribution in [0.3, 0.4) is 0 Å². The highest BCUT2D eigenvalue weighted by Crippen LogP contribution is 2.33. The van der Waals surface area contributed by atoms with Crippen molar-refractivity contribution in [3.05, 3.63) is 55.5 Å². The Hall–Kier alpha value is -2.45. The largest absolute Gasteiger partial charge is 0.506 e. The Labute approximate surface area is 163 Å². The van der Waals surface area contributed by atoms with Crippen molar-refractivity contribution in [1.82, 2.24) is 0 Å². The van der Waals surface area contributed by atoms with Crippen LogP contribution in [-0.4, -0.2) is 22.2 Å². The van der Waals surface area contributed by atoms with Gasteiger partial charge in [0.25, 0.3) is 5.69 Å². The first-order valence-electron chi connectivity index (χ1n) is 7.62. The average molecular weight is 441 g/mol. The minimum absolute atomic E-state index is 0.120. The summed E-state index contributed by atoms with van der Waals surface area (Å²) in [6.45, 7) is 1.90. The molecule has 0 heterocycles. The van der Waals surface area contributed by atoms with Crippen LogP contribution in [0.25, 0.3) is 0 Å². The number of hydrogen-bond acceptors (Lipinski definition) is 5. The molecule has 0 fully saturated rings. The summed E-state index contributed by atoms with van der Waals surface area (Å²) in [5.74, 6) is -0.298. The van der Waals surface area contributed by atoms with Crippen molar-refractivity contribution in [3.8, 4) is 5.75 Å². The maximum Gasteiger partial charge on any atom is 0.271 e. The number of aliphatic imine (C=N–C) groups is 1. The standard InChI is InChI=1S/C17H15BrClN3O4/c1-2-3-16(23)21-11-4-5-14(19)15(7-11)20-9-10-6-12(22(25)26)8-13(18)17(10)24/h4-9,24H,2-3H2,1H3,(H,21,23). The van der Waals surface area contributed by atoms with Gasteiger partial charge >= 0.3 is 0 Å². The molecule has 7 nitrogen and oxygen atoms in total. The minimum atomic E-state index is -0.571. The molecule has 0 bridgehead atoms. The first-order valence-corrected chi connectivity index (χ1v) is 8.79. The molecule has 26 heavy (non-hydrogen) atoms. The second-order valence-corrected chi connectivity index (χ2v) is 6.61. The summed E-state index contributed by atoms with van der Waals surface area (Å²) >= 11 is 9.18. The van der Waals surface area contributed by atoms with E-state index in [1.807, 2.05) is 6.92 Å². The van der Waals surface area contributed by atoms with Gasteiger partial charge in [0.1, 0.15) is 5.75 Å². The van der Waals surface area contributed by atoms with Crippen LogP contribution in [0, 0.1) is 10.1 Å². The first kappa shape index (κ1) is 19.9. The number of benzene rings is 2. The van der Waals surface area contributed by atoms with Crippen LogP contribution in [0.4, 0.5) is 17.1 Å². The van der Waals surface area contributed by atoms with Gasteiger partial charge in [0, 0.05) is 36.0 Å². The maximum absolute atomic E-state index is 11.7. The number of nitrogens with one attached hydrogen (secondary N) is 1. The zero-order valence-corrected chi connectivity index (χ0v) is 16.0. The molecule has 0 radical (unpaired) electrons. The van der Waals surface area contributed by atoms with E-state index in [1.165, 1.54) is 18.3 Å². The molecule has 136 valence electrons. The van der Waals surface area contributed by atoms with E-state index in [9.17, 15) is 20.0 Å². The third-order valence-corrected chi connectivity index (χ3v) is 4.26. The Morgan fingerprint density at radius 1 is 1.42 bits per heavy atom. The Balaban J connectivity index is 2.33. The highest BCUT2D eigenvalue weighted by atomic mass is 79.9. The van der Waals surface area contributed by atoms with Crippen molar-refractivity contribution in [2.45, 2.75) is 19.8 Å². The molecule has 0 unspecified atom stereocenters. The molecule has 0 aliphatic carbocycles. The summed E-state index contributed by atoms with van der Waals surface area (Å²) in [7, 11) is 0. The van der Waals surface area contributed by atoms with Crippen molar-refractivity contribution >= 4 is 56.7 Å². The summed E-state index contributed by atoms with van der Waals surface area (Å²) in [6.07, 6.45) is 2.40. The van der Waals surface area contributed by atoms with E-state index in [4.69, 9.17) is 11.6 Å². The normalized spacial score (nSPS) is 10.9. The zero-order valence-electron chi connectivity index (χ0n) is 13.7. The van der Waals surface area contributed by atoms with Crippen LogP contribution in [0.5, 0.6) is 5.75 Å². The van der Waals surface area contributed by atoms with Crippen LogP contribution >= 0.6 is 27.5 Å². The van der Waals surface area contributed by atoms with Crippen molar-refractivity contribution < 1.29 is 14.8 Å². The Kier molecular flexibility index (Phi) is 6.70. The van der Waals surface area contributed by atoms with Crippen LogP contribution in [0.1, 0.15) is 25.3 Å². The van der Waals surface area contributed by atoms with Crippen LogP contribution in [0.2, 0.25) is 5.02 Å². The lowest BCUT2D eigenvalue weighted by Crippen LogP contribution is -2.10. The molecule has 2 N–H and O–H groups in total. The van der Waals surface area contributed by atoms with Gasteiger partial charge in [-0.25, -0.2) is 0 Å². The average Bonchev–Trinajstić information content (AvgIpc) is 2.58. The molecule has 0 aromatic heterocycles. The first-order chi connectivity index (χ1) is 12.3.